The summed E-state index contributed by atoms with van der Waals surface area (Å²) in [5, 5.41) is 15.1. The Balaban J connectivity index is 2.06. The highest BCUT2D eigenvalue weighted by Crippen LogP contribution is 2.37. The molecule has 1 aliphatic carbocycles. The molecule has 0 aromatic heterocycles. The second kappa shape index (κ2) is 6.23. The molecule has 6 nitrogen and oxygen atoms in total. The summed E-state index contributed by atoms with van der Waals surface area (Å²) in [6.07, 6.45) is 5.98. The van der Waals surface area contributed by atoms with Crippen molar-refractivity contribution in [1.29, 1.82) is 0 Å². The Hall–Kier alpha value is -1.30. The Kier molecular flexibility index (Phi) is 4.63. The highest BCUT2D eigenvalue weighted by atomic mass is 16.5. The van der Waals surface area contributed by atoms with Gasteiger partial charge in [-0.05, 0) is 25.7 Å². The lowest BCUT2D eigenvalue weighted by Gasteiger charge is -2.36. The molecular formula is C13H23N3O3. The number of carbonyl (C=O) groups is 1. The van der Waals surface area contributed by atoms with Crippen LogP contribution in [0.2, 0.25) is 0 Å². The number of rotatable bonds is 3. The molecule has 1 saturated heterocycles. The molecule has 0 bridgehead atoms. The predicted octanol–water partition coefficient (Wildman–Crippen LogP) is 0.978. The molecule has 19 heavy (non-hydrogen) atoms. The lowest BCUT2D eigenvalue weighted by Crippen LogP contribution is -2.54. The quantitative estimate of drug-likeness (QED) is 0.308. The minimum atomic E-state index is -0.814. The zero-order valence-corrected chi connectivity index (χ0v) is 11.2. The Labute approximate surface area is 113 Å². The molecule has 0 spiro atoms. The number of hydrogen-bond acceptors (Lipinski definition) is 4. The molecule has 6 heteroatoms. The summed E-state index contributed by atoms with van der Waals surface area (Å²) in [5.74, 6) is -0.0360. The number of oxime groups is 1. The summed E-state index contributed by atoms with van der Waals surface area (Å²) in [6, 6.07) is 0.145. The zero-order chi connectivity index (χ0) is 13.7. The largest absolute Gasteiger partial charge is 0.409 e. The predicted molar refractivity (Wildman–Crippen MR) is 70.9 cm³/mol. The van der Waals surface area contributed by atoms with Gasteiger partial charge in [-0.25, -0.2) is 0 Å². The molecule has 108 valence electrons. The Morgan fingerprint density at radius 3 is 2.47 bits per heavy atom. The highest BCUT2D eigenvalue weighted by molar-refractivity contribution is 6.06. The summed E-state index contributed by atoms with van der Waals surface area (Å²) in [4.78, 5) is 12.6. The van der Waals surface area contributed by atoms with Crippen LogP contribution in [0.25, 0.3) is 0 Å². The van der Waals surface area contributed by atoms with Crippen LogP contribution in [0.3, 0.4) is 0 Å². The van der Waals surface area contributed by atoms with Crippen LogP contribution in [0.1, 0.15) is 44.9 Å². The van der Waals surface area contributed by atoms with Crippen LogP contribution in [0.15, 0.2) is 5.16 Å². The van der Waals surface area contributed by atoms with Crippen LogP contribution in [0.4, 0.5) is 0 Å². The molecule has 0 radical (unpaired) electrons. The topological polar surface area (TPSA) is 96.9 Å². The van der Waals surface area contributed by atoms with Gasteiger partial charge in [-0.3, -0.25) is 4.79 Å². The number of carbonyl (C=O) groups excluding carboxylic acids is 1. The van der Waals surface area contributed by atoms with Crippen molar-refractivity contribution in [2.24, 2.45) is 16.3 Å². The smallest absolute Gasteiger partial charge is 0.234 e. The summed E-state index contributed by atoms with van der Waals surface area (Å²) >= 11 is 0. The average Bonchev–Trinajstić information content (AvgIpc) is 2.48. The molecule has 0 aromatic carbocycles. The van der Waals surface area contributed by atoms with E-state index in [0.29, 0.717) is 26.1 Å². The summed E-state index contributed by atoms with van der Waals surface area (Å²) in [5.41, 5.74) is 4.99. The molecule has 0 atom stereocenters. The third kappa shape index (κ3) is 3.00. The van der Waals surface area contributed by atoms with Gasteiger partial charge in [-0.2, -0.15) is 0 Å². The number of hydrogen-bond donors (Lipinski definition) is 3. The maximum atomic E-state index is 12.6. The van der Waals surface area contributed by atoms with Crippen LogP contribution in [0.5, 0.6) is 0 Å². The highest BCUT2D eigenvalue weighted by Gasteiger charge is 2.44. The molecule has 0 unspecified atom stereocenters. The third-order valence-corrected chi connectivity index (χ3v) is 4.30. The van der Waals surface area contributed by atoms with Gasteiger partial charge in [0.25, 0.3) is 0 Å². The number of ether oxygens (including phenoxy) is 1. The fourth-order valence-electron chi connectivity index (χ4n) is 3.02. The molecule has 2 aliphatic rings. The number of amides is 1. The molecule has 2 fully saturated rings. The van der Waals surface area contributed by atoms with Crippen LogP contribution >= 0.6 is 0 Å². The average molecular weight is 269 g/mol. The summed E-state index contributed by atoms with van der Waals surface area (Å²) < 4.78 is 5.28. The maximum Gasteiger partial charge on any atom is 0.234 e. The molecule has 1 saturated carbocycles. The third-order valence-electron chi connectivity index (χ3n) is 4.30. The fourth-order valence-corrected chi connectivity index (χ4v) is 3.02. The monoisotopic (exact) mass is 269 g/mol. The molecular weight excluding hydrogens is 246 g/mol. The number of nitrogens with zero attached hydrogens (tertiary/aromatic N) is 1. The van der Waals surface area contributed by atoms with Crippen molar-refractivity contribution >= 4 is 11.7 Å². The van der Waals surface area contributed by atoms with E-state index < -0.39 is 5.41 Å². The van der Waals surface area contributed by atoms with E-state index in [1.165, 1.54) is 0 Å². The van der Waals surface area contributed by atoms with Crippen LogP contribution < -0.4 is 11.1 Å². The van der Waals surface area contributed by atoms with Crippen molar-refractivity contribution < 1.29 is 14.7 Å². The second-order valence-electron chi connectivity index (χ2n) is 5.49. The van der Waals surface area contributed by atoms with E-state index in [-0.39, 0.29) is 17.8 Å². The molecule has 4 N–H and O–H groups in total. The van der Waals surface area contributed by atoms with E-state index in [9.17, 15) is 4.79 Å². The first-order chi connectivity index (χ1) is 9.19. The maximum absolute atomic E-state index is 12.6. The minimum absolute atomic E-state index is 0.0526. The van der Waals surface area contributed by atoms with E-state index in [1.54, 1.807) is 0 Å². The lowest BCUT2D eigenvalue weighted by atomic mass is 9.72. The Morgan fingerprint density at radius 2 is 1.89 bits per heavy atom. The SMILES string of the molecule is NC(=NO)C1(C(=O)NC2CCOCC2)CCCCC1. The first-order valence-corrected chi connectivity index (χ1v) is 7.06. The van der Waals surface area contributed by atoms with E-state index in [4.69, 9.17) is 15.7 Å². The zero-order valence-electron chi connectivity index (χ0n) is 11.2. The van der Waals surface area contributed by atoms with Crippen molar-refractivity contribution in [3.8, 4) is 0 Å². The van der Waals surface area contributed by atoms with Gasteiger partial charge in [0.15, 0.2) is 5.84 Å². The van der Waals surface area contributed by atoms with Crippen LogP contribution in [-0.2, 0) is 9.53 Å². The van der Waals surface area contributed by atoms with E-state index in [1.807, 2.05) is 0 Å². The standard InChI is InChI=1S/C13H23N3O3/c14-11(16-18)13(6-2-1-3-7-13)12(17)15-10-4-8-19-9-5-10/h10,18H,1-9H2,(H2,14,16)(H,15,17). The first-order valence-electron chi connectivity index (χ1n) is 7.06. The van der Waals surface area contributed by atoms with Crippen molar-refractivity contribution in [3.05, 3.63) is 0 Å². The Morgan fingerprint density at radius 1 is 1.26 bits per heavy atom. The van der Waals surface area contributed by atoms with Gasteiger partial charge < -0.3 is 21.0 Å². The molecule has 2 rings (SSSR count). The number of nitrogens with two attached hydrogens (primary N) is 1. The van der Waals surface area contributed by atoms with Crippen LogP contribution in [-0.4, -0.2) is 36.2 Å². The van der Waals surface area contributed by atoms with E-state index in [2.05, 4.69) is 10.5 Å². The minimum Gasteiger partial charge on any atom is -0.409 e. The molecule has 1 heterocycles. The Bertz CT molecular complexity index is 345. The van der Waals surface area contributed by atoms with Crippen molar-refractivity contribution in [2.45, 2.75) is 51.0 Å². The summed E-state index contributed by atoms with van der Waals surface area (Å²) in [7, 11) is 0. The van der Waals surface area contributed by atoms with E-state index in [0.717, 1.165) is 32.1 Å². The van der Waals surface area contributed by atoms with Gasteiger partial charge in [0.2, 0.25) is 5.91 Å². The lowest BCUT2D eigenvalue weighted by molar-refractivity contribution is -0.130. The van der Waals surface area contributed by atoms with Gasteiger partial charge in [0.1, 0.15) is 5.41 Å². The van der Waals surface area contributed by atoms with Crippen LogP contribution in [0, 0.1) is 5.41 Å². The number of nitrogens with one attached hydrogen (secondary N) is 1. The van der Waals surface area contributed by atoms with Gasteiger partial charge in [0.05, 0.1) is 0 Å². The number of amidine groups is 1. The molecule has 1 amide bonds. The first kappa shape index (κ1) is 14.1. The normalized spacial score (nSPS) is 24.9. The van der Waals surface area contributed by atoms with E-state index >= 15 is 0 Å². The molecule has 1 aliphatic heterocycles. The fraction of sp³-hybridized carbons (Fsp3) is 0.846. The second-order valence-corrected chi connectivity index (χ2v) is 5.49. The van der Waals surface area contributed by atoms with Crippen molar-refractivity contribution in [2.75, 3.05) is 13.2 Å². The van der Waals surface area contributed by atoms with Gasteiger partial charge >= 0.3 is 0 Å². The summed E-state index contributed by atoms with van der Waals surface area (Å²) in [6.45, 7) is 1.36. The van der Waals surface area contributed by atoms with Gasteiger partial charge in [-0.15, -0.1) is 0 Å². The van der Waals surface area contributed by atoms with Crippen molar-refractivity contribution in [1.82, 2.24) is 5.32 Å². The van der Waals surface area contributed by atoms with Crippen molar-refractivity contribution in [3.63, 3.8) is 0 Å². The van der Waals surface area contributed by atoms with Gasteiger partial charge in [-0.1, -0.05) is 24.4 Å². The molecule has 0 aromatic rings. The van der Waals surface area contributed by atoms with Gasteiger partial charge in [0, 0.05) is 19.3 Å².